The van der Waals surface area contributed by atoms with E-state index in [-0.39, 0.29) is 12.5 Å². The van der Waals surface area contributed by atoms with Crippen LogP contribution in [0.2, 0.25) is 0 Å². The lowest BCUT2D eigenvalue weighted by molar-refractivity contribution is -0.117. The zero-order valence-corrected chi connectivity index (χ0v) is 12.3. The molecule has 94 valence electrons. The fourth-order valence-corrected chi connectivity index (χ4v) is 1.97. The smallest absolute Gasteiger partial charge is 0.247 e. The first kappa shape index (κ1) is 13.0. The molecular weight excluding hydrogens is 343 g/mol. The van der Waals surface area contributed by atoms with Crippen molar-refractivity contribution in [2.75, 3.05) is 5.32 Å². The highest BCUT2D eigenvalue weighted by Gasteiger charge is 2.11. The van der Waals surface area contributed by atoms with E-state index in [0.29, 0.717) is 5.82 Å². The Kier molecular flexibility index (Phi) is 3.95. The first-order chi connectivity index (χ1) is 8.58. The van der Waals surface area contributed by atoms with Gasteiger partial charge < -0.3 is 5.32 Å². The summed E-state index contributed by atoms with van der Waals surface area (Å²) in [5.74, 6) is 0.425. The summed E-state index contributed by atoms with van der Waals surface area (Å²) in [7, 11) is 0. The molecule has 0 unspecified atom stereocenters. The van der Waals surface area contributed by atoms with Crippen molar-refractivity contribution in [1.82, 2.24) is 14.8 Å². The molecule has 0 saturated carbocycles. The average molecular weight is 356 g/mol. The third kappa shape index (κ3) is 2.87. The number of nitrogens with one attached hydrogen (secondary N) is 1. The normalized spacial score (nSPS) is 10.4. The van der Waals surface area contributed by atoms with Crippen molar-refractivity contribution in [3.63, 3.8) is 0 Å². The van der Waals surface area contributed by atoms with E-state index in [0.717, 1.165) is 15.0 Å². The Labute approximate surface area is 119 Å². The molecule has 0 aliphatic heterocycles. The van der Waals surface area contributed by atoms with Crippen molar-refractivity contribution in [2.24, 2.45) is 0 Å². The first-order valence-corrected chi connectivity index (χ1v) is 6.56. The van der Waals surface area contributed by atoms with Crippen LogP contribution in [0.4, 0.5) is 5.82 Å². The van der Waals surface area contributed by atoms with Crippen LogP contribution < -0.4 is 5.32 Å². The SMILES string of the molecule is Cc1nn(CC(=O)Nc2ccccn2)c(C)c1I. The largest absolute Gasteiger partial charge is 0.309 e. The Hall–Kier alpha value is -1.44. The first-order valence-electron chi connectivity index (χ1n) is 5.48. The quantitative estimate of drug-likeness (QED) is 0.858. The van der Waals surface area contributed by atoms with Gasteiger partial charge in [-0.05, 0) is 48.6 Å². The molecule has 0 aliphatic rings. The molecule has 2 aromatic rings. The molecule has 5 nitrogen and oxygen atoms in total. The topological polar surface area (TPSA) is 59.8 Å². The molecule has 0 aromatic carbocycles. The molecule has 0 fully saturated rings. The average Bonchev–Trinajstić information content (AvgIpc) is 2.58. The number of aryl methyl sites for hydroxylation is 1. The van der Waals surface area contributed by atoms with Gasteiger partial charge in [0.1, 0.15) is 12.4 Å². The maximum absolute atomic E-state index is 11.8. The van der Waals surface area contributed by atoms with Gasteiger partial charge >= 0.3 is 0 Å². The molecule has 0 spiro atoms. The van der Waals surface area contributed by atoms with Gasteiger partial charge in [-0.2, -0.15) is 5.10 Å². The van der Waals surface area contributed by atoms with Gasteiger partial charge in [0.05, 0.1) is 9.26 Å². The van der Waals surface area contributed by atoms with Crippen LogP contribution in [-0.2, 0) is 11.3 Å². The number of nitrogens with zero attached hydrogens (tertiary/aromatic N) is 3. The zero-order valence-electron chi connectivity index (χ0n) is 10.1. The van der Waals surface area contributed by atoms with E-state index in [1.807, 2.05) is 19.9 Å². The van der Waals surface area contributed by atoms with Gasteiger partial charge in [-0.15, -0.1) is 0 Å². The molecule has 1 amide bonds. The van der Waals surface area contributed by atoms with E-state index in [4.69, 9.17) is 0 Å². The highest BCUT2D eigenvalue weighted by atomic mass is 127. The van der Waals surface area contributed by atoms with Gasteiger partial charge in [0.2, 0.25) is 5.91 Å². The lowest BCUT2D eigenvalue weighted by Gasteiger charge is -2.05. The summed E-state index contributed by atoms with van der Waals surface area (Å²) in [6.45, 7) is 4.09. The summed E-state index contributed by atoms with van der Waals surface area (Å²) in [6, 6.07) is 5.39. The molecule has 1 N–H and O–H groups in total. The molecule has 6 heteroatoms. The summed E-state index contributed by atoms with van der Waals surface area (Å²) in [4.78, 5) is 15.9. The number of rotatable bonds is 3. The van der Waals surface area contributed by atoms with Gasteiger partial charge in [-0.1, -0.05) is 6.07 Å². The van der Waals surface area contributed by atoms with Crippen molar-refractivity contribution in [1.29, 1.82) is 0 Å². The van der Waals surface area contributed by atoms with E-state index < -0.39 is 0 Å². The molecule has 0 aliphatic carbocycles. The number of carbonyl (C=O) groups is 1. The number of anilines is 1. The van der Waals surface area contributed by atoms with Gasteiger partial charge in [0.15, 0.2) is 0 Å². The fourth-order valence-electron chi connectivity index (χ4n) is 1.58. The predicted octanol–water partition coefficient (Wildman–Crippen LogP) is 2.14. The molecular formula is C12H13IN4O. The minimum absolute atomic E-state index is 0.129. The summed E-state index contributed by atoms with van der Waals surface area (Å²) in [5, 5.41) is 7.05. The standard InChI is InChI=1S/C12H13IN4O/c1-8-12(13)9(2)17(16-8)7-11(18)15-10-5-3-4-6-14-10/h3-6H,7H2,1-2H3,(H,14,15,18). The van der Waals surface area contributed by atoms with Crippen molar-refractivity contribution >= 4 is 34.3 Å². The van der Waals surface area contributed by atoms with Gasteiger partial charge in [-0.3, -0.25) is 9.48 Å². The minimum Gasteiger partial charge on any atom is -0.309 e. The van der Waals surface area contributed by atoms with Crippen LogP contribution >= 0.6 is 22.6 Å². The monoisotopic (exact) mass is 356 g/mol. The van der Waals surface area contributed by atoms with Crippen LogP contribution in [0, 0.1) is 17.4 Å². The number of carbonyl (C=O) groups excluding carboxylic acids is 1. The molecule has 2 aromatic heterocycles. The molecule has 0 atom stereocenters. The number of halogens is 1. The van der Waals surface area contributed by atoms with Gasteiger partial charge in [0, 0.05) is 11.9 Å². The highest BCUT2D eigenvalue weighted by molar-refractivity contribution is 14.1. The van der Waals surface area contributed by atoms with E-state index in [1.165, 1.54) is 0 Å². The molecule has 0 saturated heterocycles. The summed E-state index contributed by atoms with van der Waals surface area (Å²) < 4.78 is 2.80. The van der Waals surface area contributed by atoms with Crippen LogP contribution in [0.3, 0.4) is 0 Å². The van der Waals surface area contributed by atoms with Crippen LogP contribution in [0.5, 0.6) is 0 Å². The van der Waals surface area contributed by atoms with E-state index >= 15 is 0 Å². The number of hydrogen-bond donors (Lipinski definition) is 1. The van der Waals surface area contributed by atoms with Crippen LogP contribution in [0.15, 0.2) is 24.4 Å². The Morgan fingerprint density at radius 3 is 2.78 bits per heavy atom. The third-order valence-corrected chi connectivity index (χ3v) is 4.08. The van der Waals surface area contributed by atoms with E-state index in [1.54, 1.807) is 23.0 Å². The Bertz CT molecular complexity index is 565. The number of aromatic nitrogens is 3. The molecule has 18 heavy (non-hydrogen) atoms. The predicted molar refractivity (Wildman–Crippen MR) is 77.3 cm³/mol. The zero-order chi connectivity index (χ0) is 13.1. The number of amides is 1. The number of pyridine rings is 1. The Morgan fingerprint density at radius 2 is 2.22 bits per heavy atom. The molecule has 0 radical (unpaired) electrons. The second kappa shape index (κ2) is 5.47. The van der Waals surface area contributed by atoms with Crippen LogP contribution in [0.1, 0.15) is 11.4 Å². The molecule has 0 bridgehead atoms. The summed E-state index contributed by atoms with van der Waals surface area (Å²) >= 11 is 2.23. The van der Waals surface area contributed by atoms with Crippen molar-refractivity contribution in [2.45, 2.75) is 20.4 Å². The van der Waals surface area contributed by atoms with Crippen LogP contribution in [0.25, 0.3) is 0 Å². The van der Waals surface area contributed by atoms with Crippen molar-refractivity contribution in [3.05, 3.63) is 39.4 Å². The van der Waals surface area contributed by atoms with E-state index in [2.05, 4.69) is 38.0 Å². The molecule has 2 heterocycles. The van der Waals surface area contributed by atoms with Gasteiger partial charge in [-0.25, -0.2) is 4.98 Å². The third-order valence-electron chi connectivity index (χ3n) is 2.52. The second-order valence-corrected chi connectivity index (χ2v) is 4.98. The fraction of sp³-hybridized carbons (Fsp3) is 0.250. The van der Waals surface area contributed by atoms with Crippen molar-refractivity contribution in [3.8, 4) is 0 Å². The van der Waals surface area contributed by atoms with Crippen molar-refractivity contribution < 1.29 is 4.79 Å². The Morgan fingerprint density at radius 1 is 1.44 bits per heavy atom. The maximum Gasteiger partial charge on any atom is 0.247 e. The highest BCUT2D eigenvalue weighted by Crippen LogP contribution is 2.15. The molecule has 2 rings (SSSR count). The summed E-state index contributed by atoms with van der Waals surface area (Å²) in [6.07, 6.45) is 1.64. The maximum atomic E-state index is 11.8. The second-order valence-electron chi connectivity index (χ2n) is 3.91. The summed E-state index contributed by atoms with van der Waals surface area (Å²) in [5.41, 5.74) is 1.95. The Balaban J connectivity index is 2.06. The minimum atomic E-state index is -0.129. The lowest BCUT2D eigenvalue weighted by atomic mass is 10.4. The van der Waals surface area contributed by atoms with E-state index in [9.17, 15) is 4.79 Å². The number of hydrogen-bond acceptors (Lipinski definition) is 3. The lowest BCUT2D eigenvalue weighted by Crippen LogP contribution is -2.20. The van der Waals surface area contributed by atoms with Gasteiger partial charge in [0.25, 0.3) is 0 Å². The van der Waals surface area contributed by atoms with Crippen LogP contribution in [-0.4, -0.2) is 20.7 Å².